The molecule has 13 rings (SSSR count). The number of nitrogens with zero attached hydrogens (tertiary/aromatic N) is 4. The minimum atomic E-state index is -0.569. The standard InChI is InChI=1S/C62H40N4O/c1-3-19-42(20-4-1)47-31-18-32-48(43-21-5-2-6-22-43)61(47)65-41-64(58-35-15-16-36-59(58)65)44-23-17-24-45(39-44)67-46-37-38-54-53-29-12-14-34-57(53)66(60(54)40-46)62-55-30-10-9-27-51(55)49-25-7-8-26-50(49)52-28-11-13-33-56(52)63-62/h1-40H/i1D,2D,3D,4D,5D,6D,19D,20D,21D,22D. The predicted molar refractivity (Wildman–Crippen MR) is 273 cm³/mol. The summed E-state index contributed by atoms with van der Waals surface area (Å²) in [6.45, 7) is 0. The highest BCUT2D eigenvalue weighted by Crippen LogP contribution is 2.43. The van der Waals surface area contributed by atoms with Gasteiger partial charge >= 0.3 is 0 Å². The molecule has 3 heterocycles. The summed E-state index contributed by atoms with van der Waals surface area (Å²) in [5.74, 6) is 1.83. The molecule has 0 saturated carbocycles. The first-order valence-corrected chi connectivity index (χ1v) is 21.8. The maximum absolute atomic E-state index is 9.06. The second kappa shape index (κ2) is 15.9. The van der Waals surface area contributed by atoms with Crippen molar-refractivity contribution < 1.29 is 23.0 Å². The average molecular weight is 867 g/mol. The highest BCUT2D eigenvalue weighted by molar-refractivity contribution is 6.20. The van der Waals surface area contributed by atoms with Gasteiger partial charge in [0.05, 0.1) is 52.8 Å². The molecule has 314 valence electrons. The van der Waals surface area contributed by atoms with Gasteiger partial charge in [-0.1, -0.05) is 194 Å². The maximum atomic E-state index is 9.06. The highest BCUT2D eigenvalue weighted by atomic mass is 16.5. The van der Waals surface area contributed by atoms with Gasteiger partial charge in [-0.15, -0.1) is 0 Å². The van der Waals surface area contributed by atoms with Gasteiger partial charge in [0.25, 0.3) is 6.33 Å². The third-order valence-electron chi connectivity index (χ3n) is 12.3. The van der Waals surface area contributed by atoms with E-state index in [4.69, 9.17) is 23.4 Å². The summed E-state index contributed by atoms with van der Waals surface area (Å²) in [6, 6.07) is 53.9. The number of benzene rings is 10. The van der Waals surface area contributed by atoms with Crippen LogP contribution in [0.25, 0.3) is 88.7 Å². The van der Waals surface area contributed by atoms with Crippen LogP contribution in [0.4, 0.5) is 5.69 Å². The first kappa shape index (κ1) is 29.4. The number of fused-ring (bicyclic) bond motifs is 9. The van der Waals surface area contributed by atoms with Crippen molar-refractivity contribution in [2.75, 3.05) is 0 Å². The zero-order chi connectivity index (χ0) is 53.0. The number of hydrogen-bond acceptors (Lipinski definition) is 2. The number of aromatic nitrogens is 3. The molecule has 0 spiro atoms. The molecule has 1 aliphatic rings. The Kier molecular flexibility index (Phi) is 6.97. The summed E-state index contributed by atoms with van der Waals surface area (Å²) >= 11 is 0. The number of hydrogen-bond donors (Lipinski definition) is 0. The van der Waals surface area contributed by atoms with Crippen LogP contribution in [0, 0.1) is 6.33 Å². The van der Waals surface area contributed by atoms with Crippen molar-refractivity contribution in [1.82, 2.24) is 9.13 Å². The van der Waals surface area contributed by atoms with E-state index in [1.165, 1.54) is 0 Å². The van der Waals surface area contributed by atoms with E-state index < -0.39 is 60.4 Å². The second-order valence-electron chi connectivity index (χ2n) is 16.1. The van der Waals surface area contributed by atoms with Crippen molar-refractivity contribution in [3.63, 3.8) is 0 Å². The SMILES string of the molecule is [2H]c1c([2H])c([2H])c(-c2cccc(-c3c([2H])c([2H])c([2H])c([2H])c3[2H])c2-[n+]2[c-]n(-c3cccc(Oc4ccc5c6ccccc6n(C6=Nc7ccccc7-c7ccccc7-c7ccccc76)c5c4)c3)c3ccccc32)c([2H])c1[2H]. The molecular formula is C62H40N4O. The van der Waals surface area contributed by atoms with Crippen molar-refractivity contribution >= 4 is 44.4 Å². The third-order valence-corrected chi connectivity index (χ3v) is 12.3. The molecule has 0 atom stereocenters. The molecule has 0 bridgehead atoms. The molecule has 0 amide bonds. The van der Waals surface area contributed by atoms with Crippen LogP contribution in [0.5, 0.6) is 11.5 Å². The number of para-hydroxylation sites is 5. The summed E-state index contributed by atoms with van der Waals surface area (Å²) < 4.78 is 99.9. The summed E-state index contributed by atoms with van der Waals surface area (Å²) in [6.07, 6.45) is 3.46. The van der Waals surface area contributed by atoms with Gasteiger partial charge in [-0.25, -0.2) is 4.99 Å². The fourth-order valence-electron chi connectivity index (χ4n) is 9.45. The lowest BCUT2D eigenvalue weighted by atomic mass is 9.89. The lowest BCUT2D eigenvalue weighted by Crippen LogP contribution is -2.31. The highest BCUT2D eigenvalue weighted by Gasteiger charge is 2.25. The van der Waals surface area contributed by atoms with Gasteiger partial charge in [0.1, 0.15) is 17.3 Å². The molecule has 12 aromatic rings. The monoisotopic (exact) mass is 866 g/mol. The minimum Gasteiger partial charge on any atom is -0.458 e. The fraction of sp³-hybridized carbons (Fsp3) is 0. The van der Waals surface area contributed by atoms with E-state index >= 15 is 0 Å². The van der Waals surface area contributed by atoms with Crippen LogP contribution in [0.3, 0.4) is 0 Å². The summed E-state index contributed by atoms with van der Waals surface area (Å²) in [4.78, 5) is 5.52. The van der Waals surface area contributed by atoms with Crippen LogP contribution in [0.2, 0.25) is 0 Å². The van der Waals surface area contributed by atoms with Gasteiger partial charge < -0.3 is 4.74 Å². The van der Waals surface area contributed by atoms with E-state index in [2.05, 4.69) is 83.7 Å². The first-order valence-electron chi connectivity index (χ1n) is 26.8. The smallest absolute Gasteiger partial charge is 0.269 e. The number of aliphatic imine (C=N–C) groups is 1. The van der Waals surface area contributed by atoms with E-state index in [9.17, 15) is 0 Å². The van der Waals surface area contributed by atoms with Crippen LogP contribution in [-0.4, -0.2) is 15.0 Å². The Labute approximate surface area is 402 Å². The van der Waals surface area contributed by atoms with Gasteiger partial charge in [0.2, 0.25) is 0 Å². The largest absolute Gasteiger partial charge is 0.458 e. The van der Waals surface area contributed by atoms with Gasteiger partial charge in [-0.2, -0.15) is 0 Å². The Hall–Kier alpha value is -9.06. The van der Waals surface area contributed by atoms with Crippen molar-refractivity contribution in [1.29, 1.82) is 0 Å². The van der Waals surface area contributed by atoms with Crippen molar-refractivity contribution in [2.24, 2.45) is 4.99 Å². The molecule has 0 unspecified atom stereocenters. The van der Waals surface area contributed by atoms with E-state index in [0.717, 1.165) is 61.1 Å². The number of ether oxygens (including phenoxy) is 1. The third kappa shape index (κ3) is 6.47. The van der Waals surface area contributed by atoms with Crippen molar-refractivity contribution in [3.05, 3.63) is 254 Å². The van der Waals surface area contributed by atoms with Crippen LogP contribution >= 0.6 is 0 Å². The van der Waals surface area contributed by atoms with Crippen LogP contribution in [0.1, 0.15) is 19.3 Å². The Morgan fingerprint density at radius 3 is 1.75 bits per heavy atom. The van der Waals surface area contributed by atoms with E-state index in [1.807, 2.05) is 91.0 Å². The summed E-state index contributed by atoms with van der Waals surface area (Å²) in [5, 5.41) is 2.07. The lowest BCUT2D eigenvalue weighted by molar-refractivity contribution is -0.571. The number of imidazole rings is 1. The maximum Gasteiger partial charge on any atom is 0.269 e. The summed E-state index contributed by atoms with van der Waals surface area (Å²) in [7, 11) is 0. The molecule has 0 fully saturated rings. The average Bonchev–Trinajstić information content (AvgIpc) is 4.19. The molecule has 2 aromatic heterocycles. The molecule has 10 aromatic carbocycles. The zero-order valence-electron chi connectivity index (χ0n) is 45.5. The molecule has 0 saturated heterocycles. The van der Waals surface area contributed by atoms with E-state index in [0.29, 0.717) is 28.2 Å². The molecule has 1 aliphatic heterocycles. The molecule has 5 heteroatoms. The van der Waals surface area contributed by atoms with Gasteiger partial charge in [-0.3, -0.25) is 13.7 Å². The van der Waals surface area contributed by atoms with Crippen LogP contribution in [0.15, 0.2) is 247 Å². The molecule has 5 nitrogen and oxygen atoms in total. The Balaban J connectivity index is 0.973. The molecule has 0 N–H and O–H groups in total. The predicted octanol–water partition coefficient (Wildman–Crippen LogP) is 15.2. The van der Waals surface area contributed by atoms with E-state index in [-0.39, 0.29) is 27.9 Å². The lowest BCUT2D eigenvalue weighted by Gasteiger charge is -2.21. The second-order valence-corrected chi connectivity index (χ2v) is 16.1. The fourth-order valence-corrected chi connectivity index (χ4v) is 9.45. The molecule has 0 radical (unpaired) electrons. The van der Waals surface area contributed by atoms with Gasteiger partial charge in [0, 0.05) is 28.0 Å². The quantitative estimate of drug-likeness (QED) is 0.121. The van der Waals surface area contributed by atoms with Crippen LogP contribution < -0.4 is 9.30 Å². The number of rotatable bonds is 6. The topological polar surface area (TPSA) is 35.3 Å². The molecular weight excluding hydrogens is 817 g/mol. The normalized spacial score (nSPS) is 14.1. The van der Waals surface area contributed by atoms with Crippen molar-refractivity contribution in [2.45, 2.75) is 0 Å². The van der Waals surface area contributed by atoms with E-state index in [1.54, 1.807) is 27.3 Å². The zero-order valence-corrected chi connectivity index (χ0v) is 35.5. The Morgan fingerprint density at radius 1 is 0.448 bits per heavy atom. The van der Waals surface area contributed by atoms with Gasteiger partial charge in [-0.05, 0) is 81.4 Å². The van der Waals surface area contributed by atoms with Crippen LogP contribution in [-0.2, 0) is 0 Å². The minimum absolute atomic E-state index is 0.134. The Bertz CT molecular complexity index is 4380. The Morgan fingerprint density at radius 2 is 1.00 bits per heavy atom. The summed E-state index contributed by atoms with van der Waals surface area (Å²) in [5.41, 5.74) is 10.0. The van der Waals surface area contributed by atoms with Crippen molar-refractivity contribution in [3.8, 4) is 67.4 Å². The molecule has 67 heavy (non-hydrogen) atoms. The van der Waals surface area contributed by atoms with Gasteiger partial charge in [0.15, 0.2) is 0 Å². The molecule has 0 aliphatic carbocycles. The first-order chi connectivity index (χ1) is 37.4.